The van der Waals surface area contributed by atoms with Gasteiger partial charge < -0.3 is 10.5 Å². The molecule has 0 aliphatic rings. The fourth-order valence-corrected chi connectivity index (χ4v) is 2.46. The van der Waals surface area contributed by atoms with Gasteiger partial charge in [0.15, 0.2) is 0 Å². The van der Waals surface area contributed by atoms with Gasteiger partial charge in [-0.25, -0.2) is 4.98 Å². The van der Waals surface area contributed by atoms with E-state index >= 15 is 0 Å². The van der Waals surface area contributed by atoms with Gasteiger partial charge in [0.25, 0.3) is 0 Å². The van der Waals surface area contributed by atoms with Crippen LogP contribution in [0.15, 0.2) is 5.38 Å². The van der Waals surface area contributed by atoms with Crippen LogP contribution in [-0.4, -0.2) is 24.7 Å². The van der Waals surface area contributed by atoms with Crippen molar-refractivity contribution in [3.8, 4) is 0 Å². The third-order valence-corrected chi connectivity index (χ3v) is 3.32. The van der Waals surface area contributed by atoms with E-state index in [0.29, 0.717) is 0 Å². The summed E-state index contributed by atoms with van der Waals surface area (Å²) in [7, 11) is 1.70. The first-order valence-electron chi connectivity index (χ1n) is 5.63. The van der Waals surface area contributed by atoms with Crippen LogP contribution in [0.4, 0.5) is 0 Å². The SMILES string of the molecule is COCCC(N)Cc1nc(C(C)(C)C)cs1. The molecule has 1 heterocycles. The molecule has 0 aromatic carbocycles. The third kappa shape index (κ3) is 4.20. The number of methoxy groups -OCH3 is 1. The molecule has 0 aliphatic heterocycles. The number of thiazole rings is 1. The quantitative estimate of drug-likeness (QED) is 0.862. The minimum absolute atomic E-state index is 0.130. The summed E-state index contributed by atoms with van der Waals surface area (Å²) in [6.45, 7) is 7.25. The van der Waals surface area contributed by atoms with Gasteiger partial charge in [-0.3, -0.25) is 0 Å². The Hall–Kier alpha value is -0.450. The molecule has 1 rings (SSSR count). The van der Waals surface area contributed by atoms with Crippen molar-refractivity contribution in [2.75, 3.05) is 13.7 Å². The lowest BCUT2D eigenvalue weighted by atomic mass is 9.93. The zero-order valence-electron chi connectivity index (χ0n) is 10.6. The molecule has 0 saturated carbocycles. The molecule has 0 radical (unpaired) electrons. The van der Waals surface area contributed by atoms with Crippen LogP contribution in [0.25, 0.3) is 0 Å². The molecule has 0 aliphatic carbocycles. The minimum Gasteiger partial charge on any atom is -0.385 e. The van der Waals surface area contributed by atoms with Gasteiger partial charge in [0.2, 0.25) is 0 Å². The lowest BCUT2D eigenvalue weighted by Crippen LogP contribution is -2.24. The summed E-state index contributed by atoms with van der Waals surface area (Å²) in [6.07, 6.45) is 1.74. The Morgan fingerprint density at radius 1 is 1.50 bits per heavy atom. The molecular weight excluding hydrogens is 220 g/mol. The molecule has 3 nitrogen and oxygen atoms in total. The van der Waals surface area contributed by atoms with Crippen molar-refractivity contribution in [1.82, 2.24) is 4.98 Å². The molecule has 16 heavy (non-hydrogen) atoms. The van der Waals surface area contributed by atoms with Gasteiger partial charge in [0, 0.05) is 37.0 Å². The highest BCUT2D eigenvalue weighted by Gasteiger charge is 2.18. The Balaban J connectivity index is 2.52. The second kappa shape index (κ2) is 5.75. The highest BCUT2D eigenvalue weighted by atomic mass is 32.1. The van der Waals surface area contributed by atoms with Gasteiger partial charge in [-0.1, -0.05) is 20.8 Å². The van der Waals surface area contributed by atoms with E-state index < -0.39 is 0 Å². The number of aromatic nitrogens is 1. The van der Waals surface area contributed by atoms with Gasteiger partial charge in [0.05, 0.1) is 10.7 Å². The monoisotopic (exact) mass is 242 g/mol. The molecule has 92 valence electrons. The van der Waals surface area contributed by atoms with Crippen molar-refractivity contribution >= 4 is 11.3 Å². The van der Waals surface area contributed by atoms with Gasteiger partial charge in [-0.15, -0.1) is 11.3 Å². The molecule has 0 fully saturated rings. The highest BCUT2D eigenvalue weighted by molar-refractivity contribution is 7.09. The Labute approximate surface area is 102 Å². The lowest BCUT2D eigenvalue weighted by molar-refractivity contribution is 0.188. The van der Waals surface area contributed by atoms with E-state index in [0.717, 1.165) is 30.2 Å². The van der Waals surface area contributed by atoms with E-state index in [4.69, 9.17) is 10.5 Å². The second-order valence-corrected chi connectivity index (χ2v) is 6.06. The van der Waals surface area contributed by atoms with Gasteiger partial charge >= 0.3 is 0 Å². The molecule has 2 N–H and O–H groups in total. The van der Waals surface area contributed by atoms with E-state index in [1.54, 1.807) is 18.4 Å². The Morgan fingerprint density at radius 2 is 2.19 bits per heavy atom. The number of hydrogen-bond donors (Lipinski definition) is 1. The molecule has 1 aromatic heterocycles. The first-order valence-corrected chi connectivity index (χ1v) is 6.51. The van der Waals surface area contributed by atoms with Crippen molar-refractivity contribution in [2.24, 2.45) is 5.73 Å². The first-order chi connectivity index (χ1) is 7.43. The summed E-state index contributed by atoms with van der Waals surface area (Å²) in [6, 6.07) is 0.152. The third-order valence-electron chi connectivity index (χ3n) is 2.45. The standard InChI is InChI=1S/C12H22N2OS/c1-12(2,3)10-8-16-11(14-10)7-9(13)5-6-15-4/h8-9H,5-7,13H2,1-4H3. The zero-order valence-corrected chi connectivity index (χ0v) is 11.4. The molecule has 1 unspecified atom stereocenters. The average molecular weight is 242 g/mol. The van der Waals surface area contributed by atoms with Crippen LogP contribution >= 0.6 is 11.3 Å². The topological polar surface area (TPSA) is 48.1 Å². The van der Waals surface area contributed by atoms with E-state index in [1.807, 2.05) is 0 Å². The Morgan fingerprint density at radius 3 is 2.69 bits per heavy atom. The smallest absolute Gasteiger partial charge is 0.0943 e. The summed E-state index contributed by atoms with van der Waals surface area (Å²) in [5, 5.41) is 3.27. The summed E-state index contributed by atoms with van der Waals surface area (Å²) in [4.78, 5) is 4.63. The first kappa shape index (κ1) is 13.6. The summed E-state index contributed by atoms with van der Waals surface area (Å²) in [5.74, 6) is 0. The second-order valence-electron chi connectivity index (χ2n) is 5.12. The average Bonchev–Trinajstić information content (AvgIpc) is 2.62. The summed E-state index contributed by atoms with van der Waals surface area (Å²) >= 11 is 1.71. The summed E-state index contributed by atoms with van der Waals surface area (Å²) in [5.41, 5.74) is 7.29. The van der Waals surface area contributed by atoms with Crippen molar-refractivity contribution in [3.05, 3.63) is 16.1 Å². The normalized spacial score (nSPS) is 14.1. The van der Waals surface area contributed by atoms with Crippen LogP contribution in [0.5, 0.6) is 0 Å². The Bertz CT molecular complexity index is 317. The number of nitrogens with zero attached hydrogens (tertiary/aromatic N) is 1. The molecule has 0 bridgehead atoms. The van der Waals surface area contributed by atoms with Crippen LogP contribution < -0.4 is 5.73 Å². The number of hydrogen-bond acceptors (Lipinski definition) is 4. The largest absolute Gasteiger partial charge is 0.385 e. The number of rotatable bonds is 5. The van der Waals surface area contributed by atoms with Gasteiger partial charge in [-0.05, 0) is 6.42 Å². The molecule has 0 saturated heterocycles. The van der Waals surface area contributed by atoms with Crippen LogP contribution in [-0.2, 0) is 16.6 Å². The van der Waals surface area contributed by atoms with Crippen molar-refractivity contribution in [3.63, 3.8) is 0 Å². The Kier molecular flexibility index (Phi) is 4.89. The van der Waals surface area contributed by atoms with E-state index in [9.17, 15) is 0 Å². The van der Waals surface area contributed by atoms with E-state index in [-0.39, 0.29) is 11.5 Å². The maximum atomic E-state index is 6.00. The zero-order chi connectivity index (χ0) is 12.2. The van der Waals surface area contributed by atoms with Gasteiger partial charge in [-0.2, -0.15) is 0 Å². The fraction of sp³-hybridized carbons (Fsp3) is 0.750. The van der Waals surface area contributed by atoms with E-state index in [2.05, 4.69) is 31.1 Å². The lowest BCUT2D eigenvalue weighted by Gasteiger charge is -2.14. The highest BCUT2D eigenvalue weighted by Crippen LogP contribution is 2.24. The molecule has 1 aromatic rings. The molecule has 4 heteroatoms. The van der Waals surface area contributed by atoms with Crippen molar-refractivity contribution < 1.29 is 4.74 Å². The van der Waals surface area contributed by atoms with Crippen molar-refractivity contribution in [2.45, 2.75) is 45.1 Å². The van der Waals surface area contributed by atoms with Crippen LogP contribution in [0.3, 0.4) is 0 Å². The maximum absolute atomic E-state index is 6.00. The predicted molar refractivity (Wildman–Crippen MR) is 69.0 cm³/mol. The van der Waals surface area contributed by atoms with Crippen LogP contribution in [0, 0.1) is 0 Å². The van der Waals surface area contributed by atoms with Gasteiger partial charge in [0.1, 0.15) is 0 Å². The molecular formula is C12H22N2OS. The molecule has 0 amide bonds. The molecule has 1 atom stereocenters. The summed E-state index contributed by atoms with van der Waals surface area (Å²) < 4.78 is 5.01. The minimum atomic E-state index is 0.130. The molecule has 0 spiro atoms. The van der Waals surface area contributed by atoms with E-state index in [1.165, 1.54) is 0 Å². The number of ether oxygens (including phenoxy) is 1. The van der Waals surface area contributed by atoms with Crippen LogP contribution in [0.2, 0.25) is 0 Å². The van der Waals surface area contributed by atoms with Crippen molar-refractivity contribution in [1.29, 1.82) is 0 Å². The predicted octanol–water partition coefficient (Wildman–Crippen LogP) is 2.35. The maximum Gasteiger partial charge on any atom is 0.0943 e. The fourth-order valence-electron chi connectivity index (χ4n) is 1.34. The number of nitrogens with two attached hydrogens (primary N) is 1. The van der Waals surface area contributed by atoms with Crippen LogP contribution in [0.1, 0.15) is 37.9 Å².